The zero-order valence-corrected chi connectivity index (χ0v) is 15.6. The largest absolute Gasteiger partial charge is 0.487 e. The van der Waals surface area contributed by atoms with Crippen molar-refractivity contribution in [2.24, 2.45) is 0 Å². The van der Waals surface area contributed by atoms with E-state index >= 15 is 0 Å². The first-order chi connectivity index (χ1) is 13.1. The van der Waals surface area contributed by atoms with Crippen LogP contribution >= 0.6 is 23.2 Å². The third-order valence-corrected chi connectivity index (χ3v) is 4.89. The van der Waals surface area contributed by atoms with Crippen LogP contribution in [0.2, 0.25) is 10.0 Å². The second kappa shape index (κ2) is 7.47. The molecule has 0 amide bonds. The molecule has 0 saturated heterocycles. The lowest BCUT2D eigenvalue weighted by atomic mass is 10.0. The number of benzene rings is 3. The van der Waals surface area contributed by atoms with Crippen LogP contribution in [0.1, 0.15) is 5.56 Å². The molecule has 3 nitrogen and oxygen atoms in total. The van der Waals surface area contributed by atoms with Crippen molar-refractivity contribution < 1.29 is 9.15 Å². The lowest BCUT2D eigenvalue weighted by molar-refractivity contribution is 0.306. The van der Waals surface area contributed by atoms with Gasteiger partial charge in [0.2, 0.25) is 0 Å². The molecule has 0 atom stereocenters. The molecule has 0 aliphatic heterocycles. The smallest absolute Gasteiger partial charge is 0.336 e. The van der Waals surface area contributed by atoms with E-state index in [1.807, 2.05) is 48.5 Å². The Bertz CT molecular complexity index is 1170. The molecular weight excluding hydrogens is 383 g/mol. The molecule has 27 heavy (non-hydrogen) atoms. The van der Waals surface area contributed by atoms with Gasteiger partial charge in [-0.15, -0.1) is 0 Å². The number of ether oxygens (including phenoxy) is 1. The molecule has 3 aromatic carbocycles. The van der Waals surface area contributed by atoms with Crippen LogP contribution in [0.3, 0.4) is 0 Å². The molecule has 5 heteroatoms. The summed E-state index contributed by atoms with van der Waals surface area (Å²) in [6, 6.07) is 21.9. The van der Waals surface area contributed by atoms with E-state index in [-0.39, 0.29) is 6.61 Å². The van der Waals surface area contributed by atoms with Crippen LogP contribution in [0, 0.1) is 0 Å². The van der Waals surface area contributed by atoms with Crippen LogP contribution in [-0.4, -0.2) is 0 Å². The molecule has 0 aliphatic carbocycles. The highest BCUT2D eigenvalue weighted by atomic mass is 35.5. The summed E-state index contributed by atoms with van der Waals surface area (Å²) in [6.07, 6.45) is 0. The third kappa shape index (κ3) is 3.70. The zero-order chi connectivity index (χ0) is 18.8. The van der Waals surface area contributed by atoms with Crippen LogP contribution in [-0.2, 0) is 6.61 Å². The van der Waals surface area contributed by atoms with Crippen molar-refractivity contribution in [1.29, 1.82) is 0 Å². The number of rotatable bonds is 4. The first kappa shape index (κ1) is 17.7. The normalized spacial score (nSPS) is 10.9. The summed E-state index contributed by atoms with van der Waals surface area (Å²) in [5.41, 5.74) is 2.51. The molecule has 0 bridgehead atoms. The fourth-order valence-electron chi connectivity index (χ4n) is 2.90. The van der Waals surface area contributed by atoms with Gasteiger partial charge < -0.3 is 9.15 Å². The Morgan fingerprint density at radius 3 is 2.37 bits per heavy atom. The van der Waals surface area contributed by atoms with E-state index in [9.17, 15) is 4.79 Å². The summed E-state index contributed by atoms with van der Waals surface area (Å²) in [5, 5.41) is 1.80. The molecule has 0 aliphatic rings. The van der Waals surface area contributed by atoms with E-state index in [4.69, 9.17) is 32.4 Å². The van der Waals surface area contributed by atoms with Crippen molar-refractivity contribution in [3.8, 4) is 16.9 Å². The van der Waals surface area contributed by atoms with Gasteiger partial charge in [0.15, 0.2) is 0 Å². The van der Waals surface area contributed by atoms with Gasteiger partial charge in [0.1, 0.15) is 17.9 Å². The van der Waals surface area contributed by atoms with Gasteiger partial charge in [-0.2, -0.15) is 0 Å². The number of hydrogen-bond donors (Lipinski definition) is 0. The molecule has 4 rings (SSSR count). The Morgan fingerprint density at radius 1 is 0.852 bits per heavy atom. The number of hydrogen-bond acceptors (Lipinski definition) is 3. The molecule has 0 unspecified atom stereocenters. The summed E-state index contributed by atoms with van der Waals surface area (Å²) in [6.45, 7) is 0.257. The number of halogens is 2. The summed E-state index contributed by atoms with van der Waals surface area (Å²) < 4.78 is 11.2. The average molecular weight is 397 g/mol. The van der Waals surface area contributed by atoms with E-state index < -0.39 is 5.63 Å². The molecular formula is C22H14Cl2O3. The summed E-state index contributed by atoms with van der Waals surface area (Å²) in [4.78, 5) is 12.0. The summed E-state index contributed by atoms with van der Waals surface area (Å²) >= 11 is 12.6. The van der Waals surface area contributed by atoms with E-state index in [1.54, 1.807) is 18.2 Å². The van der Waals surface area contributed by atoms with E-state index in [0.717, 1.165) is 22.1 Å². The van der Waals surface area contributed by atoms with Gasteiger partial charge >= 0.3 is 5.63 Å². The van der Waals surface area contributed by atoms with Gasteiger partial charge in [-0.25, -0.2) is 4.79 Å². The summed E-state index contributed by atoms with van der Waals surface area (Å²) in [7, 11) is 0. The van der Waals surface area contributed by atoms with Crippen molar-refractivity contribution >= 4 is 34.2 Å². The topological polar surface area (TPSA) is 39.4 Å². The molecule has 1 heterocycles. The quantitative estimate of drug-likeness (QED) is 0.377. The van der Waals surface area contributed by atoms with Crippen LogP contribution in [0.5, 0.6) is 5.75 Å². The van der Waals surface area contributed by atoms with Gasteiger partial charge in [0, 0.05) is 28.1 Å². The maximum atomic E-state index is 12.0. The second-order valence-electron chi connectivity index (χ2n) is 6.00. The predicted octanol–water partition coefficient (Wildman–Crippen LogP) is 6.35. The molecule has 0 spiro atoms. The molecule has 1 aromatic heterocycles. The minimum Gasteiger partial charge on any atom is -0.487 e. The second-order valence-corrected chi connectivity index (χ2v) is 6.82. The highest BCUT2D eigenvalue weighted by Crippen LogP contribution is 2.35. The van der Waals surface area contributed by atoms with Crippen LogP contribution in [0.25, 0.3) is 22.1 Å². The Morgan fingerprint density at radius 2 is 1.59 bits per heavy atom. The molecule has 4 aromatic rings. The Kier molecular flexibility index (Phi) is 4.88. The van der Waals surface area contributed by atoms with Crippen molar-refractivity contribution in [1.82, 2.24) is 0 Å². The van der Waals surface area contributed by atoms with Crippen molar-refractivity contribution in [2.75, 3.05) is 0 Å². The predicted molar refractivity (Wildman–Crippen MR) is 109 cm³/mol. The van der Waals surface area contributed by atoms with Crippen molar-refractivity contribution in [2.45, 2.75) is 6.61 Å². The number of fused-ring (bicyclic) bond motifs is 1. The van der Waals surface area contributed by atoms with Crippen molar-refractivity contribution in [3.05, 3.63) is 98.8 Å². The van der Waals surface area contributed by atoms with E-state index in [1.165, 1.54) is 6.07 Å². The molecule has 0 N–H and O–H groups in total. The fraction of sp³-hybridized carbons (Fsp3) is 0.0455. The first-order valence-electron chi connectivity index (χ1n) is 8.31. The molecule has 0 fully saturated rings. The zero-order valence-electron chi connectivity index (χ0n) is 14.1. The first-order valence-corrected chi connectivity index (χ1v) is 9.06. The van der Waals surface area contributed by atoms with Gasteiger partial charge in [0.25, 0.3) is 0 Å². The highest BCUT2D eigenvalue weighted by molar-refractivity contribution is 6.33. The minimum absolute atomic E-state index is 0.257. The fourth-order valence-corrected chi connectivity index (χ4v) is 3.31. The SMILES string of the molecule is O=c1cc(-c2ccccc2)c2cc(Cl)c(OCc3ccccc3Cl)cc2o1. The monoisotopic (exact) mass is 396 g/mol. The van der Waals surface area contributed by atoms with Gasteiger partial charge in [0.05, 0.1) is 5.02 Å². The Hall–Kier alpha value is -2.75. The Labute approximate surface area is 165 Å². The van der Waals surface area contributed by atoms with Crippen LogP contribution in [0.4, 0.5) is 0 Å². The van der Waals surface area contributed by atoms with Gasteiger partial charge in [-0.05, 0) is 23.3 Å². The Balaban J connectivity index is 1.76. The standard InChI is InChI=1S/C22H14Cl2O3/c23-18-9-5-4-8-15(18)13-26-21-12-20-17(10-19(21)24)16(11-22(25)27-20)14-6-2-1-3-7-14/h1-12H,13H2. The maximum Gasteiger partial charge on any atom is 0.336 e. The lowest BCUT2D eigenvalue weighted by Crippen LogP contribution is -2.00. The molecule has 0 saturated carbocycles. The minimum atomic E-state index is -0.430. The lowest BCUT2D eigenvalue weighted by Gasteiger charge is -2.12. The highest BCUT2D eigenvalue weighted by Gasteiger charge is 2.13. The van der Waals surface area contributed by atoms with Crippen LogP contribution in [0.15, 0.2) is 82.0 Å². The van der Waals surface area contributed by atoms with Crippen LogP contribution < -0.4 is 10.4 Å². The average Bonchev–Trinajstić information content (AvgIpc) is 2.68. The van der Waals surface area contributed by atoms with Crippen molar-refractivity contribution in [3.63, 3.8) is 0 Å². The molecule has 134 valence electrons. The maximum absolute atomic E-state index is 12.0. The summed E-state index contributed by atoms with van der Waals surface area (Å²) in [5.74, 6) is 0.428. The molecule has 0 radical (unpaired) electrons. The van der Waals surface area contributed by atoms with E-state index in [2.05, 4.69) is 0 Å². The van der Waals surface area contributed by atoms with E-state index in [0.29, 0.717) is 21.4 Å². The van der Waals surface area contributed by atoms with Gasteiger partial charge in [-0.3, -0.25) is 0 Å². The third-order valence-electron chi connectivity index (χ3n) is 4.22. The van der Waals surface area contributed by atoms with Gasteiger partial charge in [-0.1, -0.05) is 71.7 Å².